The van der Waals surface area contributed by atoms with Crippen molar-refractivity contribution in [2.75, 3.05) is 19.7 Å². The van der Waals surface area contributed by atoms with Crippen LogP contribution in [0.4, 0.5) is 0 Å². The molecular formula is C29H37N5O6. The van der Waals surface area contributed by atoms with Crippen LogP contribution < -0.4 is 16.0 Å². The smallest absolute Gasteiger partial charge is 0.268 e. The molecule has 4 amide bonds. The number of likely N-dealkylation sites (tertiary alicyclic amines) is 1. The molecule has 1 aromatic heterocycles. The Kier molecular flexibility index (Phi) is 7.20. The lowest BCUT2D eigenvalue weighted by atomic mass is 9.94. The standard InChI is InChI=1S/C29H37N5O6/c1-14-6-5-7-19-17(14)11-21(32-19)26(38)31-15(2)28(40)34-12-18-23(29(18,3)4)24(34)27(39)33-20(22(36)13-35)10-16-8-9-30-25(16)37/h5-7,11,15-16,18,20,23-24,32,35H,8-10,12-13H2,1-4H3,(H,30,37)(H,31,38)(H,33,39)/t15-,16-,18-,20-,23-,24-/m0/s1. The van der Waals surface area contributed by atoms with Crippen molar-refractivity contribution in [3.8, 4) is 0 Å². The Balaban J connectivity index is 1.30. The number of fused-ring (bicyclic) bond motifs is 2. The number of benzene rings is 1. The number of ketones is 1. The first-order chi connectivity index (χ1) is 18.9. The van der Waals surface area contributed by atoms with Crippen LogP contribution in [0.15, 0.2) is 24.3 Å². The number of rotatable bonds is 9. The largest absolute Gasteiger partial charge is 0.389 e. The van der Waals surface area contributed by atoms with Gasteiger partial charge in [-0.15, -0.1) is 0 Å². The van der Waals surface area contributed by atoms with E-state index < -0.39 is 48.2 Å². The summed E-state index contributed by atoms with van der Waals surface area (Å²) in [5.74, 6) is -2.48. The number of H-pyrrole nitrogens is 1. The molecule has 1 saturated carbocycles. The van der Waals surface area contributed by atoms with Crippen LogP contribution in [-0.4, -0.2) is 82.2 Å². The maximum Gasteiger partial charge on any atom is 0.268 e. The summed E-state index contributed by atoms with van der Waals surface area (Å²) in [6, 6.07) is 4.73. The van der Waals surface area contributed by atoms with E-state index >= 15 is 0 Å². The third-order valence-electron chi connectivity index (χ3n) is 9.15. The number of piperidine rings is 1. The average molecular weight is 552 g/mol. The number of nitrogens with one attached hydrogen (secondary N) is 4. The zero-order valence-electron chi connectivity index (χ0n) is 23.2. The number of hydrogen-bond donors (Lipinski definition) is 5. The number of carbonyl (C=O) groups excluding carboxylic acids is 5. The third-order valence-corrected chi connectivity index (χ3v) is 9.15. The minimum absolute atomic E-state index is 0.0888. The predicted octanol–water partition coefficient (Wildman–Crippen LogP) is 0.650. The minimum atomic E-state index is -1.04. The minimum Gasteiger partial charge on any atom is -0.389 e. The molecule has 6 atom stereocenters. The van der Waals surface area contributed by atoms with E-state index in [2.05, 4.69) is 20.9 Å². The molecule has 2 aromatic rings. The second-order valence-corrected chi connectivity index (χ2v) is 12.0. The van der Waals surface area contributed by atoms with Crippen molar-refractivity contribution in [1.29, 1.82) is 0 Å². The highest BCUT2D eigenvalue weighted by Crippen LogP contribution is 2.64. The van der Waals surface area contributed by atoms with Crippen LogP contribution in [0.3, 0.4) is 0 Å². The SMILES string of the molecule is Cc1cccc2[nH]c(C(=O)N[C@@H](C)C(=O)N3C[C@H]4[C@@H]([C@H]3C(=O)N[C@@H](C[C@@H]3CCNC3=O)C(=O)CO)C4(C)C)cc12. The Morgan fingerprint density at radius 2 is 1.95 bits per heavy atom. The Hall–Kier alpha value is -3.73. The molecular weight excluding hydrogens is 514 g/mol. The number of aliphatic hydroxyl groups is 1. The number of aromatic amines is 1. The molecule has 5 rings (SSSR count). The van der Waals surface area contributed by atoms with Crippen LogP contribution in [0.5, 0.6) is 0 Å². The van der Waals surface area contributed by atoms with Gasteiger partial charge in [-0.2, -0.15) is 0 Å². The highest BCUT2D eigenvalue weighted by atomic mass is 16.3. The van der Waals surface area contributed by atoms with Crippen molar-refractivity contribution >= 4 is 40.3 Å². The molecule has 214 valence electrons. The number of amides is 4. The van der Waals surface area contributed by atoms with Crippen LogP contribution in [0, 0.1) is 30.1 Å². The van der Waals surface area contributed by atoms with Crippen LogP contribution in [0.2, 0.25) is 0 Å². The van der Waals surface area contributed by atoms with Gasteiger partial charge in [-0.3, -0.25) is 24.0 Å². The molecule has 1 aromatic carbocycles. The van der Waals surface area contributed by atoms with E-state index in [1.807, 2.05) is 39.0 Å². The van der Waals surface area contributed by atoms with E-state index in [9.17, 15) is 29.1 Å². The zero-order valence-corrected chi connectivity index (χ0v) is 23.2. The summed E-state index contributed by atoms with van der Waals surface area (Å²) >= 11 is 0. The lowest BCUT2D eigenvalue weighted by Crippen LogP contribution is -2.57. The quantitative estimate of drug-likeness (QED) is 0.308. The van der Waals surface area contributed by atoms with Gasteiger partial charge in [-0.1, -0.05) is 26.0 Å². The Morgan fingerprint density at radius 1 is 1.20 bits per heavy atom. The fraction of sp³-hybridized carbons (Fsp3) is 0.552. The Labute approximate surface area is 232 Å². The summed E-state index contributed by atoms with van der Waals surface area (Å²) in [6.45, 7) is 7.75. The van der Waals surface area contributed by atoms with E-state index in [4.69, 9.17) is 0 Å². The van der Waals surface area contributed by atoms with Crippen molar-refractivity contribution < 1.29 is 29.1 Å². The fourth-order valence-corrected chi connectivity index (χ4v) is 6.62. The Bertz CT molecular complexity index is 1380. The number of aryl methyl sites for hydroxylation is 1. The van der Waals surface area contributed by atoms with Crippen molar-refractivity contribution in [2.45, 2.75) is 58.7 Å². The maximum atomic E-state index is 13.6. The first-order valence-corrected chi connectivity index (χ1v) is 13.8. The summed E-state index contributed by atoms with van der Waals surface area (Å²) in [7, 11) is 0. The second kappa shape index (κ2) is 10.3. The van der Waals surface area contributed by atoms with Crippen LogP contribution in [0.1, 0.15) is 49.7 Å². The van der Waals surface area contributed by atoms with E-state index in [0.717, 1.165) is 16.5 Å². The van der Waals surface area contributed by atoms with Crippen LogP contribution in [-0.2, 0) is 19.2 Å². The van der Waals surface area contributed by atoms with Gasteiger partial charge in [-0.25, -0.2) is 0 Å². The molecule has 3 heterocycles. The molecule has 11 heteroatoms. The maximum absolute atomic E-state index is 13.6. The first kappa shape index (κ1) is 27.8. The van der Waals surface area contributed by atoms with Crippen molar-refractivity contribution in [1.82, 2.24) is 25.8 Å². The molecule has 0 unspecified atom stereocenters. The van der Waals surface area contributed by atoms with Gasteiger partial charge in [0.1, 0.15) is 24.4 Å². The van der Waals surface area contributed by atoms with Gasteiger partial charge in [0.05, 0.1) is 6.04 Å². The number of hydrogen-bond acceptors (Lipinski definition) is 6. The van der Waals surface area contributed by atoms with Gasteiger partial charge in [0.25, 0.3) is 5.91 Å². The summed E-state index contributed by atoms with van der Waals surface area (Å²) in [4.78, 5) is 69.4. The number of aromatic nitrogens is 1. The molecule has 0 radical (unpaired) electrons. The van der Waals surface area contributed by atoms with Gasteiger partial charge < -0.3 is 30.9 Å². The molecule has 40 heavy (non-hydrogen) atoms. The normalized spacial score (nSPS) is 26.1. The first-order valence-electron chi connectivity index (χ1n) is 13.8. The summed E-state index contributed by atoms with van der Waals surface area (Å²) < 4.78 is 0. The lowest BCUT2D eigenvalue weighted by molar-refractivity contribution is -0.142. The fourth-order valence-electron chi connectivity index (χ4n) is 6.62. The number of nitrogens with zero attached hydrogens (tertiary/aromatic N) is 1. The molecule has 0 spiro atoms. The topological polar surface area (TPSA) is 161 Å². The van der Waals surface area contributed by atoms with Crippen LogP contribution in [0.25, 0.3) is 10.9 Å². The molecule has 2 aliphatic heterocycles. The number of Topliss-reactive ketones (excluding diaryl/α,β-unsaturated/α-hetero) is 1. The highest BCUT2D eigenvalue weighted by molar-refractivity contribution is 6.01. The molecule has 11 nitrogen and oxygen atoms in total. The van der Waals surface area contributed by atoms with Gasteiger partial charge >= 0.3 is 0 Å². The third kappa shape index (κ3) is 4.87. The van der Waals surface area contributed by atoms with Gasteiger partial charge in [0, 0.05) is 29.9 Å². The molecule has 2 saturated heterocycles. The average Bonchev–Trinajstić information content (AvgIpc) is 3.43. The number of carbonyl (C=O) groups is 5. The van der Waals surface area contributed by atoms with Gasteiger partial charge in [0.2, 0.25) is 17.7 Å². The lowest BCUT2D eigenvalue weighted by Gasteiger charge is -2.33. The second-order valence-electron chi connectivity index (χ2n) is 12.0. The molecule has 3 aliphatic rings. The predicted molar refractivity (Wildman–Crippen MR) is 146 cm³/mol. The molecule has 0 bridgehead atoms. The van der Waals surface area contributed by atoms with E-state index in [0.29, 0.717) is 25.2 Å². The Morgan fingerprint density at radius 3 is 2.60 bits per heavy atom. The number of aliphatic hydroxyl groups excluding tert-OH is 1. The summed E-state index contributed by atoms with van der Waals surface area (Å²) in [5.41, 5.74) is 2.03. The van der Waals surface area contributed by atoms with Gasteiger partial charge in [0.15, 0.2) is 5.78 Å². The van der Waals surface area contributed by atoms with Crippen molar-refractivity contribution in [3.63, 3.8) is 0 Å². The van der Waals surface area contributed by atoms with Crippen molar-refractivity contribution in [3.05, 3.63) is 35.5 Å². The summed E-state index contributed by atoms with van der Waals surface area (Å²) in [5, 5.41) is 18.7. The highest BCUT2D eigenvalue weighted by Gasteiger charge is 2.69. The van der Waals surface area contributed by atoms with E-state index in [1.54, 1.807) is 13.0 Å². The zero-order chi connectivity index (χ0) is 28.9. The van der Waals surface area contributed by atoms with E-state index in [1.165, 1.54) is 4.90 Å². The van der Waals surface area contributed by atoms with Gasteiger partial charge in [-0.05, 0) is 61.6 Å². The summed E-state index contributed by atoms with van der Waals surface area (Å²) in [6.07, 6.45) is 0.633. The van der Waals surface area contributed by atoms with Crippen molar-refractivity contribution in [2.24, 2.45) is 23.2 Å². The van der Waals surface area contributed by atoms with E-state index in [-0.39, 0.29) is 35.5 Å². The van der Waals surface area contributed by atoms with Crippen LogP contribution >= 0.6 is 0 Å². The monoisotopic (exact) mass is 551 g/mol. The molecule has 1 aliphatic carbocycles. The molecule has 3 fully saturated rings. The molecule has 5 N–H and O–H groups in total.